The maximum Gasteiger partial charge on any atom is 0.326 e. The van der Waals surface area contributed by atoms with Gasteiger partial charge in [0.05, 0.1) is 12.7 Å². The zero-order valence-electron chi connectivity index (χ0n) is 8.77. The van der Waals surface area contributed by atoms with Crippen molar-refractivity contribution in [1.82, 2.24) is 5.06 Å². The number of rotatable bonds is 3. The molecule has 0 aromatic rings. The minimum Gasteiger partial charge on any atom is -0.462 e. The van der Waals surface area contributed by atoms with E-state index in [1.807, 2.05) is 0 Å². The minimum atomic E-state index is -0.394. The molecule has 0 radical (unpaired) electrons. The molecule has 1 saturated heterocycles. The number of carbonyl (C=O) groups is 1. The van der Waals surface area contributed by atoms with Crippen LogP contribution in [-0.2, 0) is 14.4 Å². The molecule has 1 rings (SSSR count). The van der Waals surface area contributed by atoms with E-state index in [9.17, 15) is 4.79 Å². The van der Waals surface area contributed by atoms with Gasteiger partial charge in [0.1, 0.15) is 12.1 Å². The molecular weight excluding hydrogens is 186 g/mol. The highest BCUT2D eigenvalue weighted by Gasteiger charge is 2.36. The average Bonchev–Trinajstić information content (AvgIpc) is 2.45. The number of nitrogens with zero attached hydrogens (tertiary/aromatic N) is 1. The van der Waals surface area contributed by atoms with E-state index in [1.54, 1.807) is 20.9 Å². The Morgan fingerprint density at radius 2 is 2.36 bits per heavy atom. The summed E-state index contributed by atoms with van der Waals surface area (Å²) in [5.74, 6) is -0.293. The van der Waals surface area contributed by atoms with Crippen LogP contribution >= 0.6 is 0 Å². The van der Waals surface area contributed by atoms with Crippen molar-refractivity contribution in [3.8, 4) is 0 Å². The summed E-state index contributed by atoms with van der Waals surface area (Å²) in [6, 6.07) is -0.394. The van der Waals surface area contributed by atoms with Crippen LogP contribution in [0.1, 0.15) is 20.3 Å². The van der Waals surface area contributed by atoms with E-state index < -0.39 is 6.04 Å². The van der Waals surface area contributed by atoms with Gasteiger partial charge < -0.3 is 9.84 Å². The second-order valence-electron chi connectivity index (χ2n) is 3.69. The number of hydrogen-bond donors (Lipinski definition) is 1. The van der Waals surface area contributed by atoms with Gasteiger partial charge in [0.25, 0.3) is 0 Å². The first-order chi connectivity index (χ1) is 6.54. The second kappa shape index (κ2) is 4.72. The molecule has 5 heteroatoms. The van der Waals surface area contributed by atoms with Gasteiger partial charge in [-0.3, -0.25) is 9.63 Å². The van der Waals surface area contributed by atoms with Crippen LogP contribution in [-0.4, -0.2) is 48.0 Å². The highest BCUT2D eigenvalue weighted by atomic mass is 16.7. The van der Waals surface area contributed by atoms with E-state index >= 15 is 0 Å². The summed E-state index contributed by atoms with van der Waals surface area (Å²) in [4.78, 5) is 16.7. The molecule has 0 bridgehead atoms. The van der Waals surface area contributed by atoms with E-state index in [-0.39, 0.29) is 24.8 Å². The summed E-state index contributed by atoms with van der Waals surface area (Å²) in [6.45, 7) is 3.53. The van der Waals surface area contributed by atoms with Crippen molar-refractivity contribution < 1.29 is 19.5 Å². The van der Waals surface area contributed by atoms with Crippen LogP contribution in [0, 0.1) is 0 Å². The second-order valence-corrected chi connectivity index (χ2v) is 3.69. The Bertz CT molecular complexity index is 207. The molecule has 82 valence electrons. The number of aliphatic hydroxyl groups is 1. The Morgan fingerprint density at radius 3 is 2.79 bits per heavy atom. The first kappa shape index (κ1) is 11.4. The van der Waals surface area contributed by atoms with Crippen molar-refractivity contribution in [2.45, 2.75) is 38.5 Å². The molecule has 2 atom stereocenters. The molecule has 5 nitrogen and oxygen atoms in total. The van der Waals surface area contributed by atoms with Crippen LogP contribution in [0.4, 0.5) is 0 Å². The summed E-state index contributed by atoms with van der Waals surface area (Å²) in [7, 11) is 1.67. The van der Waals surface area contributed by atoms with Crippen LogP contribution in [0.5, 0.6) is 0 Å². The maximum absolute atomic E-state index is 11.5. The largest absolute Gasteiger partial charge is 0.462 e. The van der Waals surface area contributed by atoms with Gasteiger partial charge in [0.15, 0.2) is 0 Å². The van der Waals surface area contributed by atoms with Crippen molar-refractivity contribution in [3.05, 3.63) is 0 Å². The lowest BCUT2D eigenvalue weighted by molar-refractivity contribution is -0.177. The molecule has 0 aliphatic carbocycles. The summed E-state index contributed by atoms with van der Waals surface area (Å²) in [5.41, 5.74) is 0. The SMILES string of the molecule is CC(C)OC(=O)[C@@H]1C[C@@H](CO)ON1C. The normalized spacial score (nSPS) is 28.4. The molecule has 0 amide bonds. The fraction of sp³-hybridized carbons (Fsp3) is 0.889. The number of hydrogen-bond acceptors (Lipinski definition) is 5. The van der Waals surface area contributed by atoms with E-state index in [4.69, 9.17) is 14.7 Å². The summed E-state index contributed by atoms with van der Waals surface area (Å²) < 4.78 is 5.06. The molecule has 0 aromatic carbocycles. The van der Waals surface area contributed by atoms with Gasteiger partial charge in [-0.15, -0.1) is 0 Å². The van der Waals surface area contributed by atoms with E-state index in [0.717, 1.165) is 0 Å². The fourth-order valence-electron chi connectivity index (χ4n) is 1.41. The number of carbonyl (C=O) groups excluding carboxylic acids is 1. The molecule has 14 heavy (non-hydrogen) atoms. The third-order valence-corrected chi connectivity index (χ3v) is 2.07. The van der Waals surface area contributed by atoms with Crippen molar-refractivity contribution in [3.63, 3.8) is 0 Å². The summed E-state index contributed by atoms with van der Waals surface area (Å²) in [5, 5.41) is 10.3. The molecule has 1 aliphatic heterocycles. The van der Waals surface area contributed by atoms with Gasteiger partial charge in [-0.2, -0.15) is 5.06 Å². The van der Waals surface area contributed by atoms with Crippen LogP contribution in [0.3, 0.4) is 0 Å². The molecule has 1 aliphatic rings. The number of hydroxylamine groups is 2. The van der Waals surface area contributed by atoms with E-state index in [2.05, 4.69) is 0 Å². The Hall–Kier alpha value is -0.650. The predicted molar refractivity (Wildman–Crippen MR) is 49.4 cm³/mol. The molecule has 1 heterocycles. The monoisotopic (exact) mass is 203 g/mol. The molecule has 1 fully saturated rings. The zero-order chi connectivity index (χ0) is 10.7. The van der Waals surface area contributed by atoms with Gasteiger partial charge in [0, 0.05) is 13.5 Å². The average molecular weight is 203 g/mol. The fourth-order valence-corrected chi connectivity index (χ4v) is 1.41. The quantitative estimate of drug-likeness (QED) is 0.651. The topological polar surface area (TPSA) is 59.0 Å². The standard InChI is InChI=1S/C9H17NO4/c1-6(2)13-9(12)8-4-7(5-11)14-10(8)3/h6-8,11H,4-5H2,1-3H3/t7-,8-/m0/s1. The lowest BCUT2D eigenvalue weighted by Crippen LogP contribution is -2.34. The summed E-state index contributed by atoms with van der Waals surface area (Å²) in [6.07, 6.45) is 0.0761. The molecule has 0 aromatic heterocycles. The number of likely N-dealkylation sites (N-methyl/N-ethyl adjacent to an activating group) is 1. The number of aliphatic hydroxyl groups excluding tert-OH is 1. The predicted octanol–water partition coefficient (Wildman–Crippen LogP) is -0.0654. The van der Waals surface area contributed by atoms with Crippen LogP contribution in [0.25, 0.3) is 0 Å². The Kier molecular flexibility index (Phi) is 3.86. The zero-order valence-corrected chi connectivity index (χ0v) is 8.77. The maximum atomic E-state index is 11.5. The summed E-state index contributed by atoms with van der Waals surface area (Å²) >= 11 is 0. The smallest absolute Gasteiger partial charge is 0.326 e. The molecule has 1 N–H and O–H groups in total. The van der Waals surface area contributed by atoms with Crippen molar-refractivity contribution in [1.29, 1.82) is 0 Å². The number of ether oxygens (including phenoxy) is 1. The Labute approximate surface area is 83.5 Å². The van der Waals surface area contributed by atoms with Gasteiger partial charge >= 0.3 is 5.97 Å². The van der Waals surface area contributed by atoms with Gasteiger partial charge in [0.2, 0.25) is 0 Å². The third-order valence-electron chi connectivity index (χ3n) is 2.07. The first-order valence-corrected chi connectivity index (χ1v) is 4.75. The Balaban J connectivity index is 2.48. The van der Waals surface area contributed by atoms with Gasteiger partial charge in [-0.1, -0.05) is 0 Å². The highest BCUT2D eigenvalue weighted by Crippen LogP contribution is 2.20. The van der Waals surface area contributed by atoms with Crippen molar-refractivity contribution in [2.75, 3.05) is 13.7 Å². The van der Waals surface area contributed by atoms with Crippen LogP contribution in [0.15, 0.2) is 0 Å². The number of esters is 1. The van der Waals surface area contributed by atoms with E-state index in [1.165, 1.54) is 5.06 Å². The molecular formula is C9H17NO4. The van der Waals surface area contributed by atoms with Gasteiger partial charge in [-0.05, 0) is 13.8 Å². The highest BCUT2D eigenvalue weighted by molar-refractivity contribution is 5.76. The lowest BCUT2D eigenvalue weighted by Gasteiger charge is -2.17. The lowest BCUT2D eigenvalue weighted by atomic mass is 10.1. The van der Waals surface area contributed by atoms with Crippen molar-refractivity contribution in [2.24, 2.45) is 0 Å². The van der Waals surface area contributed by atoms with Crippen molar-refractivity contribution >= 4 is 5.97 Å². The van der Waals surface area contributed by atoms with Gasteiger partial charge in [-0.25, -0.2) is 0 Å². The third kappa shape index (κ3) is 2.67. The Morgan fingerprint density at radius 1 is 1.71 bits per heavy atom. The molecule has 0 saturated carbocycles. The minimum absolute atomic E-state index is 0.0736. The molecule has 0 spiro atoms. The first-order valence-electron chi connectivity index (χ1n) is 4.75. The van der Waals surface area contributed by atoms with Crippen LogP contribution < -0.4 is 0 Å². The van der Waals surface area contributed by atoms with E-state index in [0.29, 0.717) is 6.42 Å². The van der Waals surface area contributed by atoms with Crippen LogP contribution in [0.2, 0.25) is 0 Å². The molecule has 0 unspecified atom stereocenters.